The second-order valence-electron chi connectivity index (χ2n) is 6.65. The summed E-state index contributed by atoms with van der Waals surface area (Å²) < 4.78 is 39.5. The summed E-state index contributed by atoms with van der Waals surface area (Å²) in [5, 5.41) is 2.63. The number of cyclic esters (lactones) is 1. The van der Waals surface area contributed by atoms with Gasteiger partial charge in [0.05, 0.1) is 18.8 Å². The van der Waals surface area contributed by atoms with Gasteiger partial charge >= 0.3 is 6.09 Å². The van der Waals surface area contributed by atoms with Crippen molar-refractivity contribution in [1.29, 1.82) is 0 Å². The lowest BCUT2D eigenvalue weighted by molar-refractivity contribution is -0.121. The highest BCUT2D eigenvalue weighted by Gasteiger charge is 2.48. The number of hydrogen-bond acceptors (Lipinski definition) is 5. The molecule has 3 saturated heterocycles. The maximum atomic E-state index is 14.5. The van der Waals surface area contributed by atoms with Crippen molar-refractivity contribution >= 4 is 23.4 Å². The van der Waals surface area contributed by atoms with E-state index >= 15 is 0 Å². The Morgan fingerprint density at radius 1 is 1.23 bits per heavy atom. The fourth-order valence-electron chi connectivity index (χ4n) is 3.39. The Labute approximate surface area is 148 Å². The molecule has 1 N–H and O–H groups in total. The standard InChI is InChI=1S/C17H19F2N3O4/c1-2-15(23)20-5-10-6-22(17(24)25-10)9-3-11(18)16(12(19)4-9)21-7-13-14(8-21)26-13/h3-4,10,13-14H,2,5-8H2,1H3,(H,20,23). The predicted molar refractivity (Wildman–Crippen MR) is 88.1 cm³/mol. The van der Waals surface area contributed by atoms with Crippen LogP contribution in [0.15, 0.2) is 12.1 Å². The molecule has 0 saturated carbocycles. The van der Waals surface area contributed by atoms with E-state index in [1.54, 1.807) is 11.8 Å². The first kappa shape index (κ1) is 17.0. The van der Waals surface area contributed by atoms with Crippen molar-refractivity contribution in [3.05, 3.63) is 23.8 Å². The zero-order chi connectivity index (χ0) is 18.4. The minimum absolute atomic E-state index is 0.0566. The largest absolute Gasteiger partial charge is 0.442 e. The van der Waals surface area contributed by atoms with E-state index in [9.17, 15) is 18.4 Å². The van der Waals surface area contributed by atoms with Crippen molar-refractivity contribution in [3.63, 3.8) is 0 Å². The number of nitrogens with zero attached hydrogens (tertiary/aromatic N) is 2. The van der Waals surface area contributed by atoms with Crippen molar-refractivity contribution in [2.75, 3.05) is 36.0 Å². The van der Waals surface area contributed by atoms with Crippen LogP contribution in [0.5, 0.6) is 0 Å². The number of amides is 2. The van der Waals surface area contributed by atoms with E-state index in [-0.39, 0.29) is 42.6 Å². The van der Waals surface area contributed by atoms with Crippen LogP contribution in [0.3, 0.4) is 0 Å². The molecule has 140 valence electrons. The molecule has 0 aliphatic carbocycles. The molecule has 0 radical (unpaired) electrons. The van der Waals surface area contributed by atoms with E-state index in [1.807, 2.05) is 0 Å². The van der Waals surface area contributed by atoms with Gasteiger partial charge in [-0.05, 0) is 0 Å². The van der Waals surface area contributed by atoms with Crippen molar-refractivity contribution in [2.45, 2.75) is 31.7 Å². The molecule has 2 amide bonds. The monoisotopic (exact) mass is 367 g/mol. The first-order valence-electron chi connectivity index (χ1n) is 8.60. The number of anilines is 2. The predicted octanol–water partition coefficient (Wildman–Crippen LogP) is 1.40. The van der Waals surface area contributed by atoms with Crippen LogP contribution in [0.4, 0.5) is 25.0 Å². The first-order valence-corrected chi connectivity index (χ1v) is 8.60. The lowest BCUT2D eigenvalue weighted by Crippen LogP contribution is -2.34. The minimum Gasteiger partial charge on any atom is -0.442 e. The number of carbonyl (C=O) groups is 2. The van der Waals surface area contributed by atoms with Gasteiger partial charge in [-0.25, -0.2) is 13.6 Å². The van der Waals surface area contributed by atoms with E-state index in [0.29, 0.717) is 19.5 Å². The second kappa shape index (κ2) is 6.39. The Morgan fingerprint density at radius 3 is 2.50 bits per heavy atom. The van der Waals surface area contributed by atoms with Crippen molar-refractivity contribution in [2.24, 2.45) is 0 Å². The van der Waals surface area contributed by atoms with Gasteiger partial charge in [0.15, 0.2) is 11.6 Å². The van der Waals surface area contributed by atoms with Crippen LogP contribution in [0.2, 0.25) is 0 Å². The van der Waals surface area contributed by atoms with Gasteiger partial charge in [0, 0.05) is 31.6 Å². The molecule has 0 aromatic heterocycles. The summed E-state index contributed by atoms with van der Waals surface area (Å²) in [6, 6.07) is 2.27. The van der Waals surface area contributed by atoms with E-state index in [4.69, 9.17) is 9.47 Å². The molecule has 1 aromatic carbocycles. The molecule has 0 spiro atoms. The average molecular weight is 367 g/mol. The maximum absolute atomic E-state index is 14.5. The topological polar surface area (TPSA) is 74.4 Å². The number of nitrogens with one attached hydrogen (secondary N) is 1. The number of rotatable bonds is 5. The fourth-order valence-corrected chi connectivity index (χ4v) is 3.39. The SMILES string of the molecule is CCC(=O)NCC1CN(c2cc(F)c(N3CC4OC4C3)c(F)c2)C(=O)O1. The van der Waals surface area contributed by atoms with Crippen LogP contribution in [0, 0.1) is 11.6 Å². The number of hydrogen-bond donors (Lipinski definition) is 1. The summed E-state index contributed by atoms with van der Waals surface area (Å²) in [6.07, 6.45) is -0.817. The lowest BCUT2D eigenvalue weighted by Gasteiger charge is -2.22. The number of benzene rings is 1. The van der Waals surface area contributed by atoms with Gasteiger partial charge in [-0.2, -0.15) is 0 Å². The summed E-state index contributed by atoms with van der Waals surface area (Å²) >= 11 is 0. The molecule has 9 heteroatoms. The molecule has 0 bridgehead atoms. The Bertz CT molecular complexity index is 727. The number of epoxide rings is 1. The van der Waals surface area contributed by atoms with E-state index in [2.05, 4.69) is 5.32 Å². The number of carbonyl (C=O) groups excluding carboxylic acids is 2. The highest BCUT2D eigenvalue weighted by atomic mass is 19.1. The van der Waals surface area contributed by atoms with Crippen LogP contribution < -0.4 is 15.1 Å². The Hall–Kier alpha value is -2.42. The van der Waals surface area contributed by atoms with Gasteiger partial charge in [-0.1, -0.05) is 6.92 Å². The molecular formula is C17H19F2N3O4. The third-order valence-corrected chi connectivity index (χ3v) is 4.84. The summed E-state index contributed by atoms with van der Waals surface area (Å²) in [4.78, 5) is 26.1. The number of halogens is 2. The summed E-state index contributed by atoms with van der Waals surface area (Å²) in [6.45, 7) is 2.91. The quantitative estimate of drug-likeness (QED) is 0.797. The van der Waals surface area contributed by atoms with Gasteiger partial charge in [-0.15, -0.1) is 0 Å². The summed E-state index contributed by atoms with van der Waals surface area (Å²) in [7, 11) is 0. The Balaban J connectivity index is 1.47. The Kier molecular flexibility index (Phi) is 4.18. The molecule has 4 rings (SSSR count). The van der Waals surface area contributed by atoms with Crippen LogP contribution in [-0.4, -0.2) is 56.5 Å². The third kappa shape index (κ3) is 3.07. The van der Waals surface area contributed by atoms with Crippen molar-refractivity contribution < 1.29 is 27.8 Å². The third-order valence-electron chi connectivity index (χ3n) is 4.84. The Morgan fingerprint density at radius 2 is 1.88 bits per heavy atom. The van der Waals surface area contributed by atoms with Gasteiger partial charge in [-0.3, -0.25) is 9.69 Å². The van der Waals surface area contributed by atoms with E-state index < -0.39 is 23.8 Å². The van der Waals surface area contributed by atoms with E-state index in [0.717, 1.165) is 12.1 Å². The smallest absolute Gasteiger partial charge is 0.414 e. The van der Waals surface area contributed by atoms with Gasteiger partial charge in [0.2, 0.25) is 5.91 Å². The molecule has 3 aliphatic rings. The zero-order valence-electron chi connectivity index (χ0n) is 14.2. The summed E-state index contributed by atoms with van der Waals surface area (Å²) in [5.41, 5.74) is 0.00236. The molecular weight excluding hydrogens is 348 g/mol. The van der Waals surface area contributed by atoms with Crippen molar-refractivity contribution in [1.82, 2.24) is 5.32 Å². The molecule has 3 heterocycles. The molecule has 3 fully saturated rings. The zero-order valence-corrected chi connectivity index (χ0v) is 14.2. The minimum atomic E-state index is -0.725. The lowest BCUT2D eigenvalue weighted by atomic mass is 10.2. The summed E-state index contributed by atoms with van der Waals surface area (Å²) in [5.74, 6) is -1.61. The molecule has 1 aromatic rings. The van der Waals surface area contributed by atoms with Crippen LogP contribution in [0.1, 0.15) is 13.3 Å². The molecule has 3 unspecified atom stereocenters. The maximum Gasteiger partial charge on any atom is 0.414 e. The van der Waals surface area contributed by atoms with Crippen LogP contribution >= 0.6 is 0 Å². The van der Waals surface area contributed by atoms with Gasteiger partial charge in [0.25, 0.3) is 0 Å². The highest BCUT2D eigenvalue weighted by molar-refractivity contribution is 5.90. The van der Waals surface area contributed by atoms with E-state index in [1.165, 1.54) is 4.90 Å². The normalized spacial score (nSPS) is 26.7. The first-order chi connectivity index (χ1) is 12.5. The van der Waals surface area contributed by atoms with Crippen molar-refractivity contribution in [3.8, 4) is 0 Å². The average Bonchev–Trinajstić information content (AvgIpc) is 3.03. The van der Waals surface area contributed by atoms with Gasteiger partial charge < -0.3 is 19.7 Å². The number of ether oxygens (including phenoxy) is 2. The second-order valence-corrected chi connectivity index (χ2v) is 6.65. The fraction of sp³-hybridized carbons (Fsp3) is 0.529. The van der Waals surface area contributed by atoms with Gasteiger partial charge in [0.1, 0.15) is 24.0 Å². The van der Waals surface area contributed by atoms with Crippen LogP contribution in [-0.2, 0) is 14.3 Å². The molecule has 7 nitrogen and oxygen atoms in total. The molecule has 3 aliphatic heterocycles. The highest BCUT2D eigenvalue weighted by Crippen LogP contribution is 2.38. The number of morpholine rings is 1. The van der Waals surface area contributed by atoms with Crippen LogP contribution in [0.25, 0.3) is 0 Å². The molecule has 26 heavy (non-hydrogen) atoms. The molecule has 3 atom stereocenters. The number of fused-ring (bicyclic) bond motifs is 1.